The number of anilines is 1. The number of hydrogen-bond acceptors (Lipinski definition) is 9. The number of fused-ring (bicyclic) bond motifs is 2. The molecule has 4 aromatic rings. The highest BCUT2D eigenvalue weighted by atomic mass is 32.1. The second-order valence-electron chi connectivity index (χ2n) is 9.57. The highest BCUT2D eigenvalue weighted by molar-refractivity contribution is 7.22. The maximum Gasteiger partial charge on any atom is 0.337 e. The van der Waals surface area contributed by atoms with Crippen molar-refractivity contribution < 1.29 is 33.7 Å². The number of aliphatic hydroxyl groups is 1. The zero-order chi connectivity index (χ0) is 28.1. The van der Waals surface area contributed by atoms with Crippen LogP contribution in [-0.2, 0) is 20.7 Å². The van der Waals surface area contributed by atoms with Gasteiger partial charge in [0, 0.05) is 12.0 Å². The number of ketones is 1. The number of amides is 1. The number of rotatable bonds is 5. The molecule has 0 unspecified atom stereocenters. The molecule has 10 heteroatoms. The van der Waals surface area contributed by atoms with Gasteiger partial charge in [0.25, 0.3) is 5.78 Å². The third-order valence-corrected chi connectivity index (χ3v) is 8.07. The predicted octanol–water partition coefficient (Wildman–Crippen LogP) is 5.04. The molecule has 0 aliphatic carbocycles. The van der Waals surface area contributed by atoms with Crippen LogP contribution in [0.25, 0.3) is 16.0 Å². The van der Waals surface area contributed by atoms with Crippen molar-refractivity contribution in [3.05, 3.63) is 88.5 Å². The minimum Gasteiger partial charge on any atom is -0.507 e. The standard InChI is InChI=1S/C30H24N2O7S/c1-15-12-19-13-18(8-11-22(19)39-15)26(33)24-25(16-4-6-17(7-5-16)29(36)38-3)32(28(35)27(24)34)30-31-21-10-9-20(37-2)14-23(21)40-30/h4-11,13-15,25,33H,12H2,1-3H3/t15-,25-/m1/s1. The molecule has 3 heterocycles. The van der Waals surface area contributed by atoms with Gasteiger partial charge in [0.15, 0.2) is 5.13 Å². The second-order valence-corrected chi connectivity index (χ2v) is 10.6. The summed E-state index contributed by atoms with van der Waals surface area (Å²) in [5.74, 6) is -1.10. The molecule has 0 saturated carbocycles. The summed E-state index contributed by atoms with van der Waals surface area (Å²) in [4.78, 5) is 45.1. The first-order valence-electron chi connectivity index (χ1n) is 12.5. The zero-order valence-electron chi connectivity index (χ0n) is 21.8. The average Bonchev–Trinajstić information content (AvgIpc) is 3.63. The number of methoxy groups -OCH3 is 2. The molecule has 6 rings (SSSR count). The average molecular weight is 557 g/mol. The molecule has 202 valence electrons. The van der Waals surface area contributed by atoms with Crippen molar-refractivity contribution in [2.75, 3.05) is 19.1 Å². The maximum absolute atomic E-state index is 13.6. The first kappa shape index (κ1) is 25.6. The highest BCUT2D eigenvalue weighted by Crippen LogP contribution is 2.45. The quantitative estimate of drug-likeness (QED) is 0.157. The SMILES string of the molecule is COC(=O)c1ccc([C@@H]2C(=C(O)c3ccc4c(c3)C[C@@H](C)O4)C(=O)C(=O)N2c2nc3ccc(OC)cc3s2)cc1. The Morgan fingerprint density at radius 1 is 1.05 bits per heavy atom. The first-order valence-corrected chi connectivity index (χ1v) is 13.3. The molecule has 2 aliphatic rings. The number of hydrogen-bond donors (Lipinski definition) is 1. The Hall–Kier alpha value is -4.70. The molecule has 2 aliphatic heterocycles. The van der Waals surface area contributed by atoms with Gasteiger partial charge in [0.2, 0.25) is 0 Å². The number of aliphatic hydroxyl groups excluding tert-OH is 1. The summed E-state index contributed by atoms with van der Waals surface area (Å²) in [5.41, 5.74) is 2.70. The summed E-state index contributed by atoms with van der Waals surface area (Å²) in [5, 5.41) is 11.8. The minimum atomic E-state index is -0.988. The maximum atomic E-state index is 13.6. The summed E-state index contributed by atoms with van der Waals surface area (Å²) in [6, 6.07) is 15.9. The van der Waals surface area contributed by atoms with Crippen LogP contribution in [0.4, 0.5) is 5.13 Å². The van der Waals surface area contributed by atoms with Gasteiger partial charge in [-0.05, 0) is 66.6 Å². The normalized spacial score (nSPS) is 19.5. The number of carbonyl (C=O) groups is 3. The van der Waals surface area contributed by atoms with Crippen molar-refractivity contribution in [2.45, 2.75) is 25.5 Å². The van der Waals surface area contributed by atoms with Crippen LogP contribution in [0.3, 0.4) is 0 Å². The Labute approximate surface area is 233 Å². The summed E-state index contributed by atoms with van der Waals surface area (Å²) in [6.07, 6.45) is 0.669. The molecule has 40 heavy (non-hydrogen) atoms. The van der Waals surface area contributed by atoms with E-state index in [1.165, 1.54) is 23.3 Å². The summed E-state index contributed by atoms with van der Waals surface area (Å²) >= 11 is 1.23. The van der Waals surface area contributed by atoms with E-state index in [0.29, 0.717) is 39.5 Å². The molecule has 1 fully saturated rings. The fourth-order valence-corrected chi connectivity index (χ4v) is 6.13. The van der Waals surface area contributed by atoms with Crippen LogP contribution >= 0.6 is 11.3 Å². The van der Waals surface area contributed by atoms with E-state index < -0.39 is 23.7 Å². The molecule has 1 saturated heterocycles. The van der Waals surface area contributed by atoms with Gasteiger partial charge in [-0.3, -0.25) is 14.5 Å². The van der Waals surface area contributed by atoms with Gasteiger partial charge in [0.05, 0.1) is 41.6 Å². The van der Waals surface area contributed by atoms with Crippen LogP contribution in [0, 0.1) is 0 Å². The van der Waals surface area contributed by atoms with Crippen molar-refractivity contribution in [2.24, 2.45) is 0 Å². The fraction of sp³-hybridized carbons (Fsp3) is 0.200. The van der Waals surface area contributed by atoms with Crippen LogP contribution in [0.1, 0.15) is 40.0 Å². The van der Waals surface area contributed by atoms with Gasteiger partial charge in [0.1, 0.15) is 23.4 Å². The lowest BCUT2D eigenvalue weighted by atomic mass is 9.94. The number of esters is 1. The second kappa shape index (κ2) is 9.80. The monoisotopic (exact) mass is 556 g/mol. The Morgan fingerprint density at radius 3 is 2.52 bits per heavy atom. The first-order chi connectivity index (χ1) is 19.3. The smallest absolute Gasteiger partial charge is 0.337 e. The lowest BCUT2D eigenvalue weighted by Crippen LogP contribution is -2.29. The minimum absolute atomic E-state index is 0.00367. The highest BCUT2D eigenvalue weighted by Gasteiger charge is 2.48. The lowest BCUT2D eigenvalue weighted by molar-refractivity contribution is -0.132. The van der Waals surface area contributed by atoms with Gasteiger partial charge >= 0.3 is 11.9 Å². The van der Waals surface area contributed by atoms with Gasteiger partial charge in [-0.25, -0.2) is 9.78 Å². The lowest BCUT2D eigenvalue weighted by Gasteiger charge is -2.23. The summed E-state index contributed by atoms with van der Waals surface area (Å²) in [6.45, 7) is 1.96. The van der Waals surface area contributed by atoms with Crippen molar-refractivity contribution in [1.82, 2.24) is 4.98 Å². The molecule has 0 radical (unpaired) electrons. The molecule has 0 bridgehead atoms. The van der Waals surface area contributed by atoms with Crippen molar-refractivity contribution in [3.8, 4) is 11.5 Å². The van der Waals surface area contributed by atoms with Crippen LogP contribution in [0.5, 0.6) is 11.5 Å². The number of aromatic nitrogens is 1. The van der Waals surface area contributed by atoms with E-state index in [-0.39, 0.29) is 17.4 Å². The van der Waals surface area contributed by atoms with E-state index in [0.717, 1.165) is 16.0 Å². The number of benzene rings is 3. The molecule has 1 aromatic heterocycles. The van der Waals surface area contributed by atoms with Crippen LogP contribution in [0.2, 0.25) is 0 Å². The van der Waals surface area contributed by atoms with E-state index in [9.17, 15) is 19.5 Å². The Balaban J connectivity index is 1.52. The third kappa shape index (κ3) is 4.17. The van der Waals surface area contributed by atoms with Gasteiger partial charge in [-0.15, -0.1) is 0 Å². The van der Waals surface area contributed by atoms with E-state index in [1.807, 2.05) is 6.92 Å². The Bertz CT molecular complexity index is 1720. The van der Waals surface area contributed by atoms with Crippen molar-refractivity contribution >= 4 is 50.1 Å². The number of Topliss-reactive ketones (excluding diaryl/α,β-unsaturated/α-hetero) is 1. The zero-order valence-corrected chi connectivity index (χ0v) is 22.7. The van der Waals surface area contributed by atoms with E-state index in [4.69, 9.17) is 14.2 Å². The van der Waals surface area contributed by atoms with Crippen LogP contribution < -0.4 is 14.4 Å². The fourth-order valence-electron chi connectivity index (χ4n) is 5.11. The molecule has 9 nitrogen and oxygen atoms in total. The van der Waals surface area contributed by atoms with Crippen LogP contribution in [-0.4, -0.2) is 48.1 Å². The molecule has 1 amide bonds. The van der Waals surface area contributed by atoms with E-state index in [1.54, 1.807) is 67.8 Å². The van der Waals surface area contributed by atoms with E-state index >= 15 is 0 Å². The summed E-state index contributed by atoms with van der Waals surface area (Å²) < 4.78 is 16.7. The van der Waals surface area contributed by atoms with E-state index in [2.05, 4.69) is 4.98 Å². The Morgan fingerprint density at radius 2 is 1.80 bits per heavy atom. The molecule has 3 aromatic carbocycles. The van der Waals surface area contributed by atoms with Gasteiger partial charge in [-0.2, -0.15) is 0 Å². The number of ether oxygens (including phenoxy) is 3. The largest absolute Gasteiger partial charge is 0.507 e. The number of thiazole rings is 1. The van der Waals surface area contributed by atoms with Crippen molar-refractivity contribution in [1.29, 1.82) is 0 Å². The number of carbonyl (C=O) groups excluding carboxylic acids is 3. The predicted molar refractivity (Wildman–Crippen MR) is 149 cm³/mol. The molecule has 1 N–H and O–H groups in total. The molecular weight excluding hydrogens is 532 g/mol. The number of nitrogens with zero attached hydrogens (tertiary/aromatic N) is 2. The molecule has 0 spiro atoms. The van der Waals surface area contributed by atoms with Gasteiger partial charge < -0.3 is 19.3 Å². The summed E-state index contributed by atoms with van der Waals surface area (Å²) in [7, 11) is 2.85. The topological polar surface area (TPSA) is 115 Å². The van der Waals surface area contributed by atoms with Crippen LogP contribution in [0.15, 0.2) is 66.2 Å². The molecular formula is C30H24N2O7S. The third-order valence-electron chi connectivity index (χ3n) is 7.05. The molecule has 2 atom stereocenters. The Kier molecular flexibility index (Phi) is 6.26. The van der Waals surface area contributed by atoms with Gasteiger partial charge in [-0.1, -0.05) is 23.5 Å². The van der Waals surface area contributed by atoms with Crippen molar-refractivity contribution in [3.63, 3.8) is 0 Å².